The first-order valence-electron chi connectivity index (χ1n) is 8.98. The third kappa shape index (κ3) is 3.79. The summed E-state index contributed by atoms with van der Waals surface area (Å²) in [6.07, 6.45) is 2.08. The fourth-order valence-corrected chi connectivity index (χ4v) is 3.09. The minimum absolute atomic E-state index is 0.120. The molecule has 0 atom stereocenters. The van der Waals surface area contributed by atoms with Crippen LogP contribution in [0.25, 0.3) is 22.2 Å². The van der Waals surface area contributed by atoms with Gasteiger partial charge in [-0.05, 0) is 48.0 Å². The molecule has 0 unspecified atom stereocenters. The summed E-state index contributed by atoms with van der Waals surface area (Å²) < 4.78 is 1.31. The van der Waals surface area contributed by atoms with Crippen LogP contribution in [0.4, 0.5) is 0 Å². The summed E-state index contributed by atoms with van der Waals surface area (Å²) in [6, 6.07) is 19.8. The molecule has 0 bridgehead atoms. The Bertz CT molecular complexity index is 1290. The van der Waals surface area contributed by atoms with Crippen molar-refractivity contribution in [1.82, 2.24) is 14.8 Å². The van der Waals surface area contributed by atoms with E-state index in [1.807, 2.05) is 30.3 Å². The van der Waals surface area contributed by atoms with Gasteiger partial charge in [0.2, 0.25) is 5.91 Å². The predicted molar refractivity (Wildman–Crippen MR) is 111 cm³/mol. The monoisotopic (exact) mass is 382 g/mol. The number of primary amides is 1. The van der Waals surface area contributed by atoms with E-state index in [1.54, 1.807) is 42.6 Å². The van der Waals surface area contributed by atoms with Gasteiger partial charge in [-0.2, -0.15) is 5.10 Å². The van der Waals surface area contributed by atoms with E-state index >= 15 is 0 Å². The molecule has 1 amide bonds. The Labute approximate surface area is 166 Å². The summed E-state index contributed by atoms with van der Waals surface area (Å²) in [7, 11) is 0. The highest BCUT2D eigenvalue weighted by Crippen LogP contribution is 2.17. The Morgan fingerprint density at radius 3 is 2.59 bits per heavy atom. The van der Waals surface area contributed by atoms with Gasteiger partial charge in [-0.25, -0.2) is 4.68 Å². The van der Waals surface area contributed by atoms with Gasteiger partial charge < -0.3 is 5.73 Å². The summed E-state index contributed by atoms with van der Waals surface area (Å²) in [6.45, 7) is 0. The van der Waals surface area contributed by atoms with Crippen LogP contribution >= 0.6 is 0 Å². The number of rotatable bonds is 4. The molecule has 2 heterocycles. The molecule has 4 rings (SSSR count). The van der Waals surface area contributed by atoms with Crippen LogP contribution in [0.15, 0.2) is 72.9 Å². The molecule has 29 heavy (non-hydrogen) atoms. The van der Waals surface area contributed by atoms with Crippen LogP contribution in [0, 0.1) is 10.8 Å². The van der Waals surface area contributed by atoms with Crippen molar-refractivity contribution < 1.29 is 4.79 Å². The minimum Gasteiger partial charge on any atom is -0.366 e. The highest BCUT2D eigenvalue weighted by atomic mass is 16.1. The van der Waals surface area contributed by atoms with Gasteiger partial charge in [-0.3, -0.25) is 20.6 Å². The molecule has 0 aliphatic heterocycles. The molecule has 0 saturated heterocycles. The number of benzene rings is 2. The van der Waals surface area contributed by atoms with Crippen LogP contribution in [-0.2, 0) is 6.42 Å². The maximum atomic E-state index is 11.2. The normalized spacial score (nSPS) is 10.8. The Kier molecular flexibility index (Phi) is 4.70. The number of carbonyl (C=O) groups is 1. The largest absolute Gasteiger partial charge is 0.366 e. The first-order chi connectivity index (χ1) is 14.0. The third-order valence-electron chi connectivity index (χ3n) is 4.59. The van der Waals surface area contributed by atoms with Crippen LogP contribution in [0.2, 0.25) is 0 Å². The van der Waals surface area contributed by atoms with Gasteiger partial charge in [0, 0.05) is 29.1 Å². The van der Waals surface area contributed by atoms with Crippen LogP contribution in [-0.4, -0.2) is 26.5 Å². The first kappa shape index (κ1) is 18.2. The molecule has 142 valence electrons. The lowest BCUT2D eigenvalue weighted by atomic mass is 10.1. The SMILES string of the molecule is N=C(Cc1ccc2ncccc2c1)n1nc(-c2ccc(C(N)=O)cc2)ccc1=N. The zero-order valence-corrected chi connectivity index (χ0v) is 15.5. The smallest absolute Gasteiger partial charge is 0.248 e. The van der Waals surface area contributed by atoms with Crippen molar-refractivity contribution in [2.24, 2.45) is 5.73 Å². The molecule has 0 fully saturated rings. The number of hydrogen-bond donors (Lipinski definition) is 3. The second kappa shape index (κ2) is 7.47. The van der Waals surface area contributed by atoms with Gasteiger partial charge in [-0.1, -0.05) is 24.3 Å². The van der Waals surface area contributed by atoms with Crippen molar-refractivity contribution in [3.05, 3.63) is 89.5 Å². The van der Waals surface area contributed by atoms with Gasteiger partial charge in [0.05, 0.1) is 11.2 Å². The minimum atomic E-state index is -0.492. The van der Waals surface area contributed by atoms with Crippen molar-refractivity contribution in [3.63, 3.8) is 0 Å². The van der Waals surface area contributed by atoms with Gasteiger partial charge >= 0.3 is 0 Å². The highest BCUT2D eigenvalue weighted by Gasteiger charge is 2.09. The number of hydrogen-bond acceptors (Lipinski definition) is 5. The number of fused-ring (bicyclic) bond motifs is 1. The Balaban J connectivity index is 1.63. The van der Waals surface area contributed by atoms with Crippen LogP contribution in [0.1, 0.15) is 15.9 Å². The molecule has 0 saturated carbocycles. The molecule has 7 heteroatoms. The second-order valence-electron chi connectivity index (χ2n) is 6.61. The molecular formula is C22H18N6O. The molecule has 2 aromatic heterocycles. The van der Waals surface area contributed by atoms with Crippen molar-refractivity contribution in [2.45, 2.75) is 6.42 Å². The number of nitrogens with zero attached hydrogens (tertiary/aromatic N) is 3. The molecule has 2 aromatic carbocycles. The fourth-order valence-electron chi connectivity index (χ4n) is 3.09. The summed E-state index contributed by atoms with van der Waals surface area (Å²) in [5.74, 6) is -0.303. The standard InChI is InChI=1S/C22H18N6O/c23-20-10-9-19(15-4-6-16(7-5-15)22(25)29)27-28(20)21(24)13-14-3-8-18-17(12-14)2-1-11-26-18/h1-12,23-24H,13H2,(H2,25,29). The number of nitrogens with two attached hydrogens (primary N) is 1. The Hall–Kier alpha value is -4.13. The second-order valence-corrected chi connectivity index (χ2v) is 6.61. The number of aromatic nitrogens is 3. The highest BCUT2D eigenvalue weighted by molar-refractivity contribution is 5.93. The van der Waals surface area contributed by atoms with Crippen LogP contribution in [0.5, 0.6) is 0 Å². The molecular weight excluding hydrogens is 364 g/mol. The topological polar surface area (TPSA) is 122 Å². The average molecular weight is 382 g/mol. The van der Waals surface area contributed by atoms with E-state index in [1.165, 1.54) is 4.68 Å². The van der Waals surface area contributed by atoms with Crippen LogP contribution < -0.4 is 11.2 Å². The summed E-state index contributed by atoms with van der Waals surface area (Å²) in [5, 5.41) is 22.1. The summed E-state index contributed by atoms with van der Waals surface area (Å²) in [4.78, 5) is 15.5. The predicted octanol–water partition coefficient (Wildman–Crippen LogP) is 2.74. The maximum Gasteiger partial charge on any atom is 0.248 e. The lowest BCUT2D eigenvalue weighted by molar-refractivity contribution is 0.100. The molecule has 4 N–H and O–H groups in total. The zero-order valence-electron chi connectivity index (χ0n) is 15.5. The van der Waals surface area contributed by atoms with Gasteiger partial charge in [0.1, 0.15) is 11.3 Å². The quantitative estimate of drug-likeness (QED) is 0.371. The van der Waals surface area contributed by atoms with Crippen LogP contribution in [0.3, 0.4) is 0 Å². The lowest BCUT2D eigenvalue weighted by Crippen LogP contribution is -2.30. The number of pyridine rings is 1. The summed E-state index contributed by atoms with van der Waals surface area (Å²) >= 11 is 0. The molecule has 0 spiro atoms. The Morgan fingerprint density at radius 1 is 1.03 bits per heavy atom. The molecule has 7 nitrogen and oxygen atoms in total. The van der Waals surface area contributed by atoms with E-state index in [0.717, 1.165) is 22.0 Å². The van der Waals surface area contributed by atoms with E-state index in [2.05, 4.69) is 10.1 Å². The van der Waals surface area contributed by atoms with Gasteiger partial charge in [0.25, 0.3) is 0 Å². The Morgan fingerprint density at radius 2 is 1.83 bits per heavy atom. The van der Waals surface area contributed by atoms with E-state index in [9.17, 15) is 4.79 Å². The lowest BCUT2D eigenvalue weighted by Gasteiger charge is -2.10. The van der Waals surface area contributed by atoms with Crippen molar-refractivity contribution in [2.75, 3.05) is 0 Å². The van der Waals surface area contributed by atoms with E-state index in [0.29, 0.717) is 17.7 Å². The van der Waals surface area contributed by atoms with Gasteiger partial charge in [-0.15, -0.1) is 0 Å². The van der Waals surface area contributed by atoms with E-state index in [-0.39, 0.29) is 11.3 Å². The molecule has 4 aromatic rings. The summed E-state index contributed by atoms with van der Waals surface area (Å²) in [5.41, 5.74) is 9.03. The molecule has 0 aliphatic carbocycles. The molecule has 0 radical (unpaired) electrons. The third-order valence-corrected chi connectivity index (χ3v) is 4.59. The molecule has 0 aliphatic rings. The van der Waals surface area contributed by atoms with E-state index in [4.69, 9.17) is 16.6 Å². The fraction of sp³-hybridized carbons (Fsp3) is 0.0455. The maximum absolute atomic E-state index is 11.2. The number of carbonyl (C=O) groups excluding carboxylic acids is 1. The number of nitrogens with one attached hydrogen (secondary N) is 2. The van der Waals surface area contributed by atoms with Crippen molar-refractivity contribution in [3.8, 4) is 11.3 Å². The van der Waals surface area contributed by atoms with Gasteiger partial charge in [0.15, 0.2) is 0 Å². The van der Waals surface area contributed by atoms with Crippen molar-refractivity contribution >= 4 is 22.6 Å². The van der Waals surface area contributed by atoms with Crippen molar-refractivity contribution in [1.29, 1.82) is 10.8 Å². The van der Waals surface area contributed by atoms with E-state index < -0.39 is 5.91 Å². The first-order valence-corrected chi connectivity index (χ1v) is 8.98. The zero-order chi connectivity index (χ0) is 20.4. The number of amides is 1. The average Bonchev–Trinajstić information content (AvgIpc) is 2.74.